The van der Waals surface area contributed by atoms with Crippen LogP contribution < -0.4 is 0 Å². The molecule has 7 heteroatoms. The summed E-state index contributed by atoms with van der Waals surface area (Å²) in [6, 6.07) is 3.69. The number of aliphatic carboxylic acids is 1. The van der Waals surface area contributed by atoms with Crippen LogP contribution in [0.25, 0.3) is 16.4 Å². The zero-order chi connectivity index (χ0) is 14.1. The van der Waals surface area contributed by atoms with E-state index < -0.39 is 5.97 Å². The quantitative estimate of drug-likeness (QED) is 0.755. The summed E-state index contributed by atoms with van der Waals surface area (Å²) in [5.41, 5.74) is 1.86. The molecular formula is C13H11BrN2O3S. The van der Waals surface area contributed by atoms with Gasteiger partial charge in [-0.15, -0.1) is 11.3 Å². The van der Waals surface area contributed by atoms with E-state index in [9.17, 15) is 4.79 Å². The molecule has 0 amide bonds. The van der Waals surface area contributed by atoms with Crippen LogP contribution in [0.1, 0.15) is 18.5 Å². The number of carboxylic acid groups (broad SMARTS) is 1. The lowest BCUT2D eigenvalue weighted by Crippen LogP contribution is -1.97. The van der Waals surface area contributed by atoms with Crippen molar-refractivity contribution in [2.24, 2.45) is 0 Å². The molecule has 1 N–H and O–H groups in total. The van der Waals surface area contributed by atoms with Crippen LogP contribution in [0.2, 0.25) is 0 Å². The first kappa shape index (κ1) is 13.4. The van der Waals surface area contributed by atoms with Crippen LogP contribution >= 0.6 is 27.3 Å². The van der Waals surface area contributed by atoms with E-state index in [0.29, 0.717) is 16.9 Å². The lowest BCUT2D eigenvalue weighted by molar-refractivity contribution is -0.137. The molecule has 0 unspecified atom stereocenters. The van der Waals surface area contributed by atoms with Gasteiger partial charge in [0, 0.05) is 23.7 Å². The van der Waals surface area contributed by atoms with Gasteiger partial charge in [0.25, 0.3) is 0 Å². The van der Waals surface area contributed by atoms with Gasteiger partial charge in [-0.2, -0.15) is 0 Å². The number of hydrogen-bond acceptors (Lipinski definition) is 4. The van der Waals surface area contributed by atoms with Crippen molar-refractivity contribution in [2.45, 2.75) is 19.3 Å². The summed E-state index contributed by atoms with van der Waals surface area (Å²) >= 11 is 4.82. The van der Waals surface area contributed by atoms with Gasteiger partial charge in [0.2, 0.25) is 0 Å². The molecule has 0 radical (unpaired) electrons. The average Bonchev–Trinajstić information content (AvgIpc) is 3.05. The van der Waals surface area contributed by atoms with Gasteiger partial charge in [0.15, 0.2) is 15.4 Å². The summed E-state index contributed by atoms with van der Waals surface area (Å²) in [7, 11) is 0. The van der Waals surface area contributed by atoms with Crippen molar-refractivity contribution in [2.75, 3.05) is 0 Å². The summed E-state index contributed by atoms with van der Waals surface area (Å²) in [5.74, 6) is -0.0486. The van der Waals surface area contributed by atoms with E-state index in [-0.39, 0.29) is 6.42 Å². The smallest absolute Gasteiger partial charge is 0.303 e. The minimum atomic E-state index is -0.761. The van der Waals surface area contributed by atoms with Crippen molar-refractivity contribution in [3.63, 3.8) is 0 Å². The van der Waals surface area contributed by atoms with Crippen molar-refractivity contribution < 1.29 is 14.3 Å². The lowest BCUT2D eigenvalue weighted by Gasteiger charge is -1.97. The van der Waals surface area contributed by atoms with Crippen LogP contribution in [0.3, 0.4) is 0 Å². The van der Waals surface area contributed by atoms with Gasteiger partial charge in [0.05, 0.1) is 0 Å². The Balaban J connectivity index is 1.85. The fourth-order valence-corrected chi connectivity index (χ4v) is 3.21. The van der Waals surface area contributed by atoms with Gasteiger partial charge in [-0.1, -0.05) is 0 Å². The van der Waals surface area contributed by atoms with Crippen molar-refractivity contribution in [1.82, 2.24) is 9.38 Å². The summed E-state index contributed by atoms with van der Waals surface area (Å²) < 4.78 is 8.16. The highest BCUT2D eigenvalue weighted by Crippen LogP contribution is 2.27. The molecule has 0 aliphatic carbocycles. The number of halogens is 1. The highest BCUT2D eigenvalue weighted by atomic mass is 79.9. The fourth-order valence-electron chi connectivity index (χ4n) is 2.00. The molecule has 3 aromatic heterocycles. The molecule has 0 fully saturated rings. The second-order valence-electron chi connectivity index (χ2n) is 4.36. The van der Waals surface area contributed by atoms with Crippen LogP contribution in [0.4, 0.5) is 0 Å². The number of carbonyl (C=O) groups is 1. The molecule has 104 valence electrons. The standard InChI is InChI=1S/C13H11BrN2O3S/c14-11-5-4-10(19-11)9-6-16-8(2-1-3-12(17)18)7-20-13(16)15-9/h4-7H,1-3H2,(H,17,18). The highest BCUT2D eigenvalue weighted by molar-refractivity contribution is 9.10. The second kappa shape index (κ2) is 5.41. The molecule has 0 atom stereocenters. The largest absolute Gasteiger partial charge is 0.481 e. The first-order valence-corrected chi connectivity index (χ1v) is 7.74. The Kier molecular flexibility index (Phi) is 3.62. The van der Waals surface area contributed by atoms with Gasteiger partial charge in [-0.3, -0.25) is 9.20 Å². The third kappa shape index (κ3) is 2.64. The molecule has 0 aromatic carbocycles. The number of furan rings is 1. The zero-order valence-corrected chi connectivity index (χ0v) is 12.8. The number of rotatable bonds is 5. The Labute approximate surface area is 127 Å². The van der Waals surface area contributed by atoms with E-state index in [2.05, 4.69) is 20.9 Å². The van der Waals surface area contributed by atoms with Crippen molar-refractivity contribution in [3.8, 4) is 11.5 Å². The van der Waals surface area contributed by atoms with Gasteiger partial charge in [-0.25, -0.2) is 4.98 Å². The van der Waals surface area contributed by atoms with Crippen LogP contribution in [0.5, 0.6) is 0 Å². The predicted molar refractivity (Wildman–Crippen MR) is 79.0 cm³/mol. The van der Waals surface area contributed by atoms with Crippen LogP contribution in [-0.4, -0.2) is 20.5 Å². The molecule has 5 nitrogen and oxygen atoms in total. The Morgan fingerprint density at radius 3 is 3.05 bits per heavy atom. The SMILES string of the molecule is O=C(O)CCCc1csc2nc(-c3ccc(Br)o3)cn12. The molecule has 0 saturated heterocycles. The number of hydrogen-bond donors (Lipinski definition) is 1. The van der Waals surface area contributed by atoms with E-state index in [1.54, 1.807) is 11.3 Å². The maximum atomic E-state index is 10.5. The molecule has 3 heterocycles. The summed E-state index contributed by atoms with van der Waals surface area (Å²) in [5, 5.41) is 10.7. The Morgan fingerprint density at radius 2 is 2.35 bits per heavy atom. The fraction of sp³-hybridized carbons (Fsp3) is 0.231. The van der Waals surface area contributed by atoms with Crippen LogP contribution in [0.15, 0.2) is 32.8 Å². The topological polar surface area (TPSA) is 67.7 Å². The maximum Gasteiger partial charge on any atom is 0.303 e. The Bertz CT molecular complexity index is 759. The zero-order valence-electron chi connectivity index (χ0n) is 10.4. The number of fused-ring (bicyclic) bond motifs is 1. The molecule has 0 aliphatic rings. The maximum absolute atomic E-state index is 10.5. The van der Waals surface area contributed by atoms with Crippen molar-refractivity contribution in [1.29, 1.82) is 0 Å². The molecule has 0 aliphatic heterocycles. The normalized spacial score (nSPS) is 11.2. The molecule has 0 saturated carbocycles. The minimum Gasteiger partial charge on any atom is -0.481 e. The van der Waals surface area contributed by atoms with E-state index >= 15 is 0 Å². The lowest BCUT2D eigenvalue weighted by atomic mass is 10.2. The van der Waals surface area contributed by atoms with Crippen LogP contribution in [-0.2, 0) is 11.2 Å². The first-order valence-electron chi connectivity index (χ1n) is 6.06. The number of carboxylic acids is 1. The Hall–Kier alpha value is -1.60. The van der Waals surface area contributed by atoms with Crippen molar-refractivity contribution in [3.05, 3.63) is 34.1 Å². The van der Waals surface area contributed by atoms with Gasteiger partial charge in [0.1, 0.15) is 5.69 Å². The van der Waals surface area contributed by atoms with E-state index in [0.717, 1.165) is 22.8 Å². The molecule has 0 bridgehead atoms. The predicted octanol–water partition coefficient (Wildman–Crippen LogP) is 3.83. The first-order chi connectivity index (χ1) is 9.63. The molecule has 20 heavy (non-hydrogen) atoms. The molecule has 3 aromatic rings. The van der Waals surface area contributed by atoms with Crippen LogP contribution in [0, 0.1) is 0 Å². The summed E-state index contributed by atoms with van der Waals surface area (Å²) in [6.07, 6.45) is 3.46. The monoisotopic (exact) mass is 354 g/mol. The highest BCUT2D eigenvalue weighted by Gasteiger charge is 2.12. The number of aromatic nitrogens is 2. The molecule has 3 rings (SSSR count). The average molecular weight is 355 g/mol. The van der Waals surface area contributed by atoms with Gasteiger partial charge < -0.3 is 9.52 Å². The third-order valence-electron chi connectivity index (χ3n) is 2.93. The molecule has 0 spiro atoms. The summed E-state index contributed by atoms with van der Waals surface area (Å²) in [6.45, 7) is 0. The number of nitrogens with zero attached hydrogens (tertiary/aromatic N) is 2. The Morgan fingerprint density at radius 1 is 1.50 bits per heavy atom. The summed E-state index contributed by atoms with van der Waals surface area (Å²) in [4.78, 5) is 15.9. The van der Waals surface area contributed by atoms with Gasteiger partial charge >= 0.3 is 5.97 Å². The van der Waals surface area contributed by atoms with Gasteiger partial charge in [-0.05, 0) is 40.9 Å². The van der Waals surface area contributed by atoms with Crippen molar-refractivity contribution >= 4 is 38.2 Å². The number of thiazole rings is 1. The van der Waals surface area contributed by atoms with E-state index in [1.165, 1.54) is 0 Å². The number of aryl methyl sites for hydroxylation is 1. The second-order valence-corrected chi connectivity index (χ2v) is 5.97. The number of imidazole rings is 1. The third-order valence-corrected chi connectivity index (χ3v) is 4.25. The minimum absolute atomic E-state index is 0.185. The molecular weight excluding hydrogens is 344 g/mol. The van der Waals surface area contributed by atoms with E-state index in [1.807, 2.05) is 28.1 Å². The van der Waals surface area contributed by atoms with E-state index in [4.69, 9.17) is 9.52 Å².